The third-order valence-electron chi connectivity index (χ3n) is 6.79. The second kappa shape index (κ2) is 10.6. The Hall–Kier alpha value is -3.25. The number of hydrogen-bond acceptors (Lipinski definition) is 5. The number of carbonyl (C=O) groups is 1. The Bertz CT molecular complexity index is 1120. The SMILES string of the molecule is COc1ccc(N2CCN(C(=O)c3ccc(CN(Cc4ccccc4C)C(C)(C)C)o3)CC2)cc1. The molecule has 186 valence electrons. The van der Waals surface area contributed by atoms with Gasteiger partial charge in [0.25, 0.3) is 5.91 Å². The van der Waals surface area contributed by atoms with Gasteiger partial charge in [-0.15, -0.1) is 0 Å². The molecule has 1 saturated heterocycles. The predicted molar refractivity (Wildman–Crippen MR) is 140 cm³/mol. The van der Waals surface area contributed by atoms with E-state index >= 15 is 0 Å². The van der Waals surface area contributed by atoms with E-state index in [0.29, 0.717) is 25.4 Å². The Morgan fingerprint density at radius 1 is 0.943 bits per heavy atom. The summed E-state index contributed by atoms with van der Waals surface area (Å²) in [6.45, 7) is 13.2. The van der Waals surface area contributed by atoms with E-state index < -0.39 is 0 Å². The summed E-state index contributed by atoms with van der Waals surface area (Å²) >= 11 is 0. The average molecular weight is 476 g/mol. The quantitative estimate of drug-likeness (QED) is 0.460. The van der Waals surface area contributed by atoms with Crippen LogP contribution in [0.1, 0.15) is 48.2 Å². The Morgan fingerprint density at radius 3 is 2.26 bits per heavy atom. The van der Waals surface area contributed by atoms with Gasteiger partial charge in [-0.1, -0.05) is 24.3 Å². The molecule has 1 aliphatic rings. The van der Waals surface area contributed by atoms with E-state index in [-0.39, 0.29) is 11.4 Å². The van der Waals surface area contributed by atoms with E-state index in [1.807, 2.05) is 29.2 Å². The number of amides is 1. The molecule has 0 atom stereocenters. The van der Waals surface area contributed by atoms with Crippen molar-refractivity contribution in [2.24, 2.45) is 0 Å². The standard InChI is InChI=1S/C29H37N3O3/c1-22-8-6-7-9-23(22)20-32(29(2,3)4)21-26-14-15-27(35-26)28(33)31-18-16-30(17-19-31)24-10-12-25(34-5)13-11-24/h6-15H,16-21H2,1-5H3. The maximum atomic E-state index is 13.1. The number of furan rings is 1. The number of piperazine rings is 1. The lowest BCUT2D eigenvalue weighted by atomic mass is 10.0. The zero-order chi connectivity index (χ0) is 25.0. The van der Waals surface area contributed by atoms with Gasteiger partial charge in [-0.3, -0.25) is 9.69 Å². The molecular formula is C29H37N3O3. The van der Waals surface area contributed by atoms with Crippen molar-refractivity contribution in [3.8, 4) is 5.75 Å². The van der Waals surface area contributed by atoms with Crippen LogP contribution in [-0.4, -0.2) is 54.5 Å². The van der Waals surface area contributed by atoms with Crippen molar-refractivity contribution in [1.82, 2.24) is 9.80 Å². The molecule has 0 unspecified atom stereocenters. The Labute approximate surface area is 209 Å². The van der Waals surface area contributed by atoms with Crippen molar-refractivity contribution in [2.75, 3.05) is 38.2 Å². The molecule has 0 saturated carbocycles. The topological polar surface area (TPSA) is 49.2 Å². The first-order chi connectivity index (χ1) is 16.7. The number of methoxy groups -OCH3 is 1. The minimum absolute atomic E-state index is 0.0353. The summed E-state index contributed by atoms with van der Waals surface area (Å²) in [5.74, 6) is 2.04. The third-order valence-corrected chi connectivity index (χ3v) is 6.79. The summed E-state index contributed by atoms with van der Waals surface area (Å²) in [4.78, 5) is 19.7. The molecule has 0 aliphatic carbocycles. The molecule has 0 bridgehead atoms. The first-order valence-electron chi connectivity index (χ1n) is 12.3. The maximum absolute atomic E-state index is 13.1. The maximum Gasteiger partial charge on any atom is 0.289 e. The van der Waals surface area contributed by atoms with Crippen LogP contribution in [0.5, 0.6) is 5.75 Å². The molecule has 35 heavy (non-hydrogen) atoms. The summed E-state index contributed by atoms with van der Waals surface area (Å²) < 4.78 is 11.3. The average Bonchev–Trinajstić information content (AvgIpc) is 3.33. The van der Waals surface area contributed by atoms with Crippen LogP contribution in [0.25, 0.3) is 0 Å². The molecule has 1 aromatic heterocycles. The minimum Gasteiger partial charge on any atom is -0.497 e. The van der Waals surface area contributed by atoms with Gasteiger partial charge in [0.2, 0.25) is 0 Å². The van der Waals surface area contributed by atoms with Crippen LogP contribution in [0.15, 0.2) is 65.1 Å². The van der Waals surface area contributed by atoms with Crippen LogP contribution in [0.4, 0.5) is 5.69 Å². The number of nitrogens with zero attached hydrogens (tertiary/aromatic N) is 3. The molecule has 1 aliphatic heterocycles. The van der Waals surface area contributed by atoms with Gasteiger partial charge in [-0.2, -0.15) is 0 Å². The molecule has 4 rings (SSSR count). The molecule has 6 nitrogen and oxygen atoms in total. The first-order valence-corrected chi connectivity index (χ1v) is 12.3. The number of ether oxygens (including phenoxy) is 1. The van der Waals surface area contributed by atoms with E-state index in [1.165, 1.54) is 11.1 Å². The fourth-order valence-electron chi connectivity index (χ4n) is 4.41. The number of hydrogen-bond donors (Lipinski definition) is 0. The van der Waals surface area contributed by atoms with Crippen LogP contribution in [0.3, 0.4) is 0 Å². The second-order valence-electron chi connectivity index (χ2n) is 10.2. The van der Waals surface area contributed by atoms with E-state index in [0.717, 1.165) is 36.8 Å². The number of carbonyl (C=O) groups excluding carboxylic acids is 1. The summed E-state index contributed by atoms with van der Waals surface area (Å²) in [5.41, 5.74) is 3.69. The van der Waals surface area contributed by atoms with Crippen LogP contribution < -0.4 is 9.64 Å². The molecule has 1 amide bonds. The van der Waals surface area contributed by atoms with Gasteiger partial charge in [-0.25, -0.2) is 0 Å². The Balaban J connectivity index is 1.37. The summed E-state index contributed by atoms with van der Waals surface area (Å²) in [7, 11) is 1.67. The minimum atomic E-state index is -0.0446. The highest BCUT2D eigenvalue weighted by Gasteiger charge is 2.27. The molecule has 2 aromatic carbocycles. The molecule has 2 heterocycles. The van der Waals surface area contributed by atoms with Gasteiger partial charge in [-0.05, 0) is 75.2 Å². The van der Waals surface area contributed by atoms with Crippen LogP contribution in [0, 0.1) is 6.92 Å². The molecule has 0 spiro atoms. The van der Waals surface area contributed by atoms with Crippen molar-refractivity contribution in [1.29, 1.82) is 0 Å². The number of anilines is 1. The lowest BCUT2D eigenvalue weighted by Crippen LogP contribution is -2.48. The highest BCUT2D eigenvalue weighted by molar-refractivity contribution is 5.91. The van der Waals surface area contributed by atoms with Crippen molar-refractivity contribution >= 4 is 11.6 Å². The largest absolute Gasteiger partial charge is 0.497 e. The lowest BCUT2D eigenvalue weighted by Gasteiger charge is -2.36. The normalized spacial score (nSPS) is 14.5. The highest BCUT2D eigenvalue weighted by atomic mass is 16.5. The lowest BCUT2D eigenvalue weighted by molar-refractivity contribution is 0.0704. The van der Waals surface area contributed by atoms with Crippen molar-refractivity contribution < 1.29 is 13.9 Å². The smallest absolute Gasteiger partial charge is 0.289 e. The molecule has 0 N–H and O–H groups in total. The predicted octanol–water partition coefficient (Wildman–Crippen LogP) is 5.36. The molecule has 3 aromatic rings. The second-order valence-corrected chi connectivity index (χ2v) is 10.2. The van der Waals surface area contributed by atoms with Gasteiger partial charge in [0.15, 0.2) is 5.76 Å². The Morgan fingerprint density at radius 2 is 1.63 bits per heavy atom. The third kappa shape index (κ3) is 6.06. The van der Waals surface area contributed by atoms with Gasteiger partial charge >= 0.3 is 0 Å². The summed E-state index contributed by atoms with van der Waals surface area (Å²) in [5, 5.41) is 0. The monoisotopic (exact) mass is 475 g/mol. The van der Waals surface area contributed by atoms with E-state index in [9.17, 15) is 4.79 Å². The molecular weight excluding hydrogens is 438 g/mol. The molecule has 6 heteroatoms. The summed E-state index contributed by atoms with van der Waals surface area (Å²) in [6.07, 6.45) is 0. The van der Waals surface area contributed by atoms with Crippen LogP contribution >= 0.6 is 0 Å². The fraction of sp³-hybridized carbons (Fsp3) is 0.414. The first kappa shape index (κ1) is 24.9. The number of rotatable bonds is 7. The zero-order valence-corrected chi connectivity index (χ0v) is 21.6. The van der Waals surface area contributed by atoms with Gasteiger partial charge in [0, 0.05) is 44.0 Å². The van der Waals surface area contributed by atoms with Gasteiger partial charge in [0.05, 0.1) is 13.7 Å². The van der Waals surface area contributed by atoms with Gasteiger partial charge < -0.3 is 19.0 Å². The van der Waals surface area contributed by atoms with Crippen molar-refractivity contribution in [3.05, 3.63) is 83.3 Å². The summed E-state index contributed by atoms with van der Waals surface area (Å²) in [6, 6.07) is 20.3. The van der Waals surface area contributed by atoms with Crippen molar-refractivity contribution in [2.45, 2.75) is 46.3 Å². The van der Waals surface area contributed by atoms with Crippen molar-refractivity contribution in [3.63, 3.8) is 0 Å². The zero-order valence-electron chi connectivity index (χ0n) is 21.6. The van der Waals surface area contributed by atoms with E-state index in [4.69, 9.17) is 9.15 Å². The Kier molecular flexibility index (Phi) is 7.51. The fourth-order valence-corrected chi connectivity index (χ4v) is 4.41. The molecule has 1 fully saturated rings. The van der Waals surface area contributed by atoms with E-state index in [2.05, 4.69) is 73.9 Å². The van der Waals surface area contributed by atoms with Crippen LogP contribution in [0.2, 0.25) is 0 Å². The van der Waals surface area contributed by atoms with Crippen LogP contribution in [-0.2, 0) is 13.1 Å². The van der Waals surface area contributed by atoms with E-state index in [1.54, 1.807) is 7.11 Å². The highest BCUT2D eigenvalue weighted by Crippen LogP contribution is 2.24. The number of aryl methyl sites for hydroxylation is 1. The van der Waals surface area contributed by atoms with Gasteiger partial charge in [0.1, 0.15) is 11.5 Å². The molecule has 0 radical (unpaired) electrons. The number of benzene rings is 2.